The van der Waals surface area contributed by atoms with Crippen LogP contribution in [0.4, 0.5) is 5.69 Å². The molecular weight excluding hydrogens is 452 g/mol. The Kier molecular flexibility index (Phi) is 7.22. The lowest BCUT2D eigenvalue weighted by atomic mass is 10.3. The standard InChI is InChI=1S/C20H25BrN6O3/c1-4-26(5-2)10-11-30-15-9-7-6-8-14(15)23-16(28)12-27-13-22-19-17(20(27)29)18(21)24-25(19)3/h6-9,13H,4-5,10-12H2,1-3H3,(H,23,28). The summed E-state index contributed by atoms with van der Waals surface area (Å²) >= 11 is 3.27. The van der Waals surface area contributed by atoms with Gasteiger partial charge >= 0.3 is 0 Å². The summed E-state index contributed by atoms with van der Waals surface area (Å²) in [5.74, 6) is 0.243. The molecule has 0 atom stereocenters. The molecule has 1 amide bonds. The Labute approximate surface area is 182 Å². The summed E-state index contributed by atoms with van der Waals surface area (Å²) in [4.78, 5) is 31.8. The number of likely N-dealkylation sites (N-methyl/N-ethyl adjacent to an activating group) is 1. The Hall–Kier alpha value is -2.72. The predicted molar refractivity (Wildman–Crippen MR) is 119 cm³/mol. The number of hydrogen-bond donors (Lipinski definition) is 1. The van der Waals surface area contributed by atoms with Gasteiger partial charge in [0, 0.05) is 13.6 Å². The molecule has 2 aromatic heterocycles. The highest BCUT2D eigenvalue weighted by atomic mass is 79.9. The van der Waals surface area contributed by atoms with E-state index in [0.717, 1.165) is 19.6 Å². The van der Waals surface area contributed by atoms with E-state index in [1.807, 2.05) is 18.2 Å². The van der Waals surface area contributed by atoms with Crippen molar-refractivity contribution >= 4 is 38.6 Å². The molecule has 1 aromatic carbocycles. The number of aryl methyl sites for hydroxylation is 1. The van der Waals surface area contributed by atoms with Crippen LogP contribution in [0.1, 0.15) is 13.8 Å². The number of nitrogens with one attached hydrogen (secondary N) is 1. The molecule has 1 N–H and O–H groups in total. The predicted octanol–water partition coefficient (Wildman–Crippen LogP) is 2.25. The second-order valence-corrected chi connectivity index (χ2v) is 7.46. The van der Waals surface area contributed by atoms with E-state index < -0.39 is 0 Å². The number of ether oxygens (including phenoxy) is 1. The van der Waals surface area contributed by atoms with Crippen molar-refractivity contribution in [1.29, 1.82) is 0 Å². The molecule has 3 aromatic rings. The van der Waals surface area contributed by atoms with Crippen molar-refractivity contribution in [3.8, 4) is 5.75 Å². The Morgan fingerprint density at radius 2 is 2.00 bits per heavy atom. The minimum absolute atomic E-state index is 0.170. The normalized spacial score (nSPS) is 11.2. The lowest BCUT2D eigenvalue weighted by Gasteiger charge is -2.19. The van der Waals surface area contributed by atoms with Gasteiger partial charge in [-0.25, -0.2) is 9.67 Å². The van der Waals surface area contributed by atoms with Crippen LogP contribution in [-0.4, -0.2) is 56.4 Å². The molecule has 0 saturated heterocycles. The third-order valence-electron chi connectivity index (χ3n) is 4.80. The maximum atomic E-state index is 12.7. The minimum atomic E-state index is -0.349. The van der Waals surface area contributed by atoms with E-state index in [0.29, 0.717) is 33.7 Å². The van der Waals surface area contributed by atoms with Crippen LogP contribution in [0.5, 0.6) is 5.75 Å². The first-order valence-corrected chi connectivity index (χ1v) is 10.6. The summed E-state index contributed by atoms with van der Waals surface area (Å²) in [6.45, 7) is 7.28. The lowest BCUT2D eigenvalue weighted by Crippen LogP contribution is -2.29. The van der Waals surface area contributed by atoms with Crippen LogP contribution < -0.4 is 15.6 Å². The van der Waals surface area contributed by atoms with Gasteiger partial charge in [-0.1, -0.05) is 26.0 Å². The zero-order valence-corrected chi connectivity index (χ0v) is 18.8. The van der Waals surface area contributed by atoms with Gasteiger partial charge in [-0.3, -0.25) is 14.2 Å². The molecule has 30 heavy (non-hydrogen) atoms. The summed E-state index contributed by atoms with van der Waals surface area (Å²) in [6, 6.07) is 7.25. The number of nitrogens with zero attached hydrogens (tertiary/aromatic N) is 5. The van der Waals surface area contributed by atoms with E-state index in [2.05, 4.69) is 50.1 Å². The number of hydrogen-bond acceptors (Lipinski definition) is 6. The highest BCUT2D eigenvalue weighted by Crippen LogP contribution is 2.24. The smallest absolute Gasteiger partial charge is 0.266 e. The Morgan fingerprint density at radius 1 is 1.27 bits per heavy atom. The second-order valence-electron chi connectivity index (χ2n) is 6.71. The summed E-state index contributed by atoms with van der Waals surface area (Å²) in [5, 5.41) is 7.30. The van der Waals surface area contributed by atoms with Gasteiger partial charge in [0.2, 0.25) is 5.91 Å². The molecule has 2 heterocycles. The fourth-order valence-electron chi connectivity index (χ4n) is 3.11. The second kappa shape index (κ2) is 9.86. The maximum Gasteiger partial charge on any atom is 0.266 e. The molecule has 10 heteroatoms. The molecule has 3 rings (SSSR count). The molecule has 0 aliphatic carbocycles. The van der Waals surface area contributed by atoms with Gasteiger partial charge < -0.3 is 15.0 Å². The van der Waals surface area contributed by atoms with Crippen molar-refractivity contribution in [3.63, 3.8) is 0 Å². The quantitative estimate of drug-likeness (QED) is 0.508. The van der Waals surface area contributed by atoms with Crippen LogP contribution in [-0.2, 0) is 18.4 Å². The van der Waals surface area contributed by atoms with Gasteiger partial charge in [0.25, 0.3) is 5.56 Å². The molecular formula is C20H25BrN6O3. The molecule has 0 unspecified atom stereocenters. The van der Waals surface area contributed by atoms with Crippen molar-refractivity contribution in [1.82, 2.24) is 24.2 Å². The van der Waals surface area contributed by atoms with Gasteiger partial charge in [0.15, 0.2) is 5.65 Å². The first-order valence-electron chi connectivity index (χ1n) is 9.76. The largest absolute Gasteiger partial charge is 0.490 e. The van der Waals surface area contributed by atoms with Crippen molar-refractivity contribution < 1.29 is 9.53 Å². The van der Waals surface area contributed by atoms with E-state index >= 15 is 0 Å². The highest BCUT2D eigenvalue weighted by molar-refractivity contribution is 9.10. The maximum absolute atomic E-state index is 12.7. The van der Waals surface area contributed by atoms with Crippen LogP contribution in [0.15, 0.2) is 40.0 Å². The van der Waals surface area contributed by atoms with Gasteiger partial charge in [0.1, 0.15) is 35.2 Å². The monoisotopic (exact) mass is 476 g/mol. The van der Waals surface area contributed by atoms with Crippen molar-refractivity contribution in [2.75, 3.05) is 31.6 Å². The molecule has 0 aliphatic rings. The number of fused-ring (bicyclic) bond motifs is 1. The van der Waals surface area contributed by atoms with Crippen LogP contribution in [0.25, 0.3) is 11.0 Å². The van der Waals surface area contributed by atoms with E-state index in [9.17, 15) is 9.59 Å². The van der Waals surface area contributed by atoms with Gasteiger partial charge in [0.05, 0.1) is 5.69 Å². The van der Waals surface area contributed by atoms with Gasteiger partial charge in [-0.05, 0) is 41.2 Å². The van der Waals surface area contributed by atoms with E-state index in [-0.39, 0.29) is 18.0 Å². The molecule has 0 radical (unpaired) electrons. The van der Waals surface area contributed by atoms with Crippen LogP contribution in [0.3, 0.4) is 0 Å². The number of aromatic nitrogens is 4. The lowest BCUT2D eigenvalue weighted by molar-refractivity contribution is -0.116. The number of halogens is 1. The number of anilines is 1. The fraction of sp³-hybridized carbons (Fsp3) is 0.400. The highest BCUT2D eigenvalue weighted by Gasteiger charge is 2.16. The number of carbonyl (C=O) groups is 1. The Balaban J connectivity index is 1.70. The molecule has 160 valence electrons. The Bertz CT molecular complexity index is 1090. The average Bonchev–Trinajstić information content (AvgIpc) is 3.02. The molecule has 0 spiro atoms. The topological polar surface area (TPSA) is 94.3 Å². The van der Waals surface area contributed by atoms with Crippen LogP contribution in [0.2, 0.25) is 0 Å². The van der Waals surface area contributed by atoms with Crippen molar-refractivity contribution in [3.05, 3.63) is 45.5 Å². The third-order valence-corrected chi connectivity index (χ3v) is 5.36. The fourth-order valence-corrected chi connectivity index (χ4v) is 3.70. The number of amides is 1. The first-order chi connectivity index (χ1) is 14.4. The SMILES string of the molecule is CCN(CC)CCOc1ccccc1NC(=O)Cn1cnc2c(c(Br)nn2C)c1=O. The molecule has 0 saturated carbocycles. The number of para-hydroxylation sites is 2. The van der Waals surface area contributed by atoms with Crippen LogP contribution in [0, 0.1) is 0 Å². The van der Waals surface area contributed by atoms with Crippen molar-refractivity contribution in [2.24, 2.45) is 7.05 Å². The van der Waals surface area contributed by atoms with Crippen molar-refractivity contribution in [2.45, 2.75) is 20.4 Å². The average molecular weight is 477 g/mol. The van der Waals surface area contributed by atoms with E-state index in [4.69, 9.17) is 4.74 Å². The molecule has 0 bridgehead atoms. The van der Waals surface area contributed by atoms with E-state index in [1.165, 1.54) is 15.6 Å². The zero-order valence-electron chi connectivity index (χ0n) is 17.3. The van der Waals surface area contributed by atoms with Crippen LogP contribution >= 0.6 is 15.9 Å². The third kappa shape index (κ3) is 4.88. The molecule has 0 fully saturated rings. The summed E-state index contributed by atoms with van der Waals surface area (Å²) in [5.41, 5.74) is 0.682. The van der Waals surface area contributed by atoms with Gasteiger partial charge in [-0.15, -0.1) is 0 Å². The zero-order chi connectivity index (χ0) is 21.7. The molecule has 0 aliphatic heterocycles. The van der Waals surface area contributed by atoms with Gasteiger partial charge in [-0.2, -0.15) is 5.10 Å². The Morgan fingerprint density at radius 3 is 2.73 bits per heavy atom. The summed E-state index contributed by atoms with van der Waals surface area (Å²) < 4.78 is 9.04. The minimum Gasteiger partial charge on any atom is -0.490 e. The number of carbonyl (C=O) groups excluding carboxylic acids is 1. The number of benzene rings is 1. The first kappa shape index (κ1) is 22.0. The number of rotatable bonds is 9. The summed E-state index contributed by atoms with van der Waals surface area (Å²) in [7, 11) is 1.70. The summed E-state index contributed by atoms with van der Waals surface area (Å²) in [6.07, 6.45) is 1.35. The van der Waals surface area contributed by atoms with E-state index in [1.54, 1.807) is 13.1 Å². The molecule has 9 nitrogen and oxygen atoms in total.